The molecule has 4 heteroatoms. The molecule has 1 heterocycles. The van der Waals surface area contributed by atoms with E-state index in [2.05, 4.69) is 18.7 Å². The van der Waals surface area contributed by atoms with Crippen LogP contribution in [0.4, 0.5) is 8.78 Å². The lowest BCUT2D eigenvalue weighted by Crippen LogP contribution is -2.38. The first-order valence-corrected chi connectivity index (χ1v) is 6.98. The largest absolute Gasteiger partial charge is 0.303 e. The summed E-state index contributed by atoms with van der Waals surface area (Å²) in [5.74, 6) is -0.403. The highest BCUT2D eigenvalue weighted by Gasteiger charge is 2.27. The second-order valence-corrected chi connectivity index (χ2v) is 5.75. The van der Waals surface area contributed by atoms with Crippen molar-refractivity contribution in [1.29, 1.82) is 0 Å². The number of hydrogen-bond donors (Lipinski definition) is 0. The SMILES string of the molecule is C[C](C)CN1CCC(C(=O)c2ccc(F)cc2F)CC1. The molecule has 0 aliphatic carbocycles. The lowest BCUT2D eigenvalue weighted by atomic mass is 9.88. The molecule has 0 N–H and O–H groups in total. The second kappa shape index (κ2) is 6.44. The molecule has 1 saturated heterocycles. The highest BCUT2D eigenvalue weighted by Crippen LogP contribution is 2.24. The Morgan fingerprint density at radius 1 is 1.25 bits per heavy atom. The van der Waals surface area contributed by atoms with Gasteiger partial charge < -0.3 is 4.90 Å². The smallest absolute Gasteiger partial charge is 0.168 e. The maximum absolute atomic E-state index is 13.6. The molecule has 0 aromatic heterocycles. The van der Waals surface area contributed by atoms with Crippen molar-refractivity contribution < 1.29 is 13.6 Å². The monoisotopic (exact) mass is 280 g/mol. The van der Waals surface area contributed by atoms with Crippen LogP contribution in [-0.2, 0) is 0 Å². The van der Waals surface area contributed by atoms with Crippen LogP contribution in [0, 0.1) is 23.5 Å². The Hall–Kier alpha value is -1.29. The average Bonchev–Trinajstić information content (AvgIpc) is 2.38. The topological polar surface area (TPSA) is 20.3 Å². The number of Topliss-reactive ketones (excluding diaryl/α,β-unsaturated/α-hetero) is 1. The number of benzene rings is 1. The molecule has 1 aromatic rings. The molecule has 109 valence electrons. The number of piperidine rings is 1. The van der Waals surface area contributed by atoms with Gasteiger partial charge in [-0.05, 0) is 44.0 Å². The highest BCUT2D eigenvalue weighted by atomic mass is 19.1. The third-order valence-corrected chi connectivity index (χ3v) is 3.69. The molecular weight excluding hydrogens is 260 g/mol. The molecule has 0 amide bonds. The Kier molecular flexibility index (Phi) is 4.86. The summed E-state index contributed by atoms with van der Waals surface area (Å²) in [4.78, 5) is 14.6. The molecule has 0 unspecified atom stereocenters. The third kappa shape index (κ3) is 3.63. The number of ketones is 1. The first-order chi connectivity index (χ1) is 9.47. The number of rotatable bonds is 4. The Bertz CT molecular complexity index is 479. The summed E-state index contributed by atoms with van der Waals surface area (Å²) in [5, 5.41) is 0. The number of carbonyl (C=O) groups excluding carboxylic acids is 1. The van der Waals surface area contributed by atoms with Gasteiger partial charge in [0.1, 0.15) is 11.6 Å². The van der Waals surface area contributed by atoms with Crippen LogP contribution in [0.25, 0.3) is 0 Å². The molecule has 0 atom stereocenters. The van der Waals surface area contributed by atoms with Gasteiger partial charge in [0.15, 0.2) is 5.78 Å². The van der Waals surface area contributed by atoms with Crippen LogP contribution in [0.5, 0.6) is 0 Å². The van der Waals surface area contributed by atoms with Crippen molar-refractivity contribution in [2.75, 3.05) is 19.6 Å². The molecule has 1 aromatic carbocycles. The van der Waals surface area contributed by atoms with Gasteiger partial charge in [-0.2, -0.15) is 0 Å². The van der Waals surface area contributed by atoms with Crippen molar-refractivity contribution in [3.8, 4) is 0 Å². The minimum absolute atomic E-state index is 0.0167. The fourth-order valence-electron chi connectivity index (χ4n) is 2.71. The zero-order valence-corrected chi connectivity index (χ0v) is 12.0. The van der Waals surface area contributed by atoms with Crippen LogP contribution in [-0.4, -0.2) is 30.3 Å². The molecule has 20 heavy (non-hydrogen) atoms. The summed E-state index contributed by atoms with van der Waals surface area (Å²) in [5.41, 5.74) is 0.0167. The van der Waals surface area contributed by atoms with E-state index in [0.717, 1.165) is 44.6 Å². The van der Waals surface area contributed by atoms with E-state index >= 15 is 0 Å². The lowest BCUT2D eigenvalue weighted by Gasteiger charge is -2.32. The van der Waals surface area contributed by atoms with E-state index < -0.39 is 11.6 Å². The number of hydrogen-bond acceptors (Lipinski definition) is 2. The summed E-state index contributed by atoms with van der Waals surface area (Å²) in [6.45, 7) is 6.83. The van der Waals surface area contributed by atoms with Crippen molar-refractivity contribution in [3.05, 3.63) is 41.3 Å². The van der Waals surface area contributed by atoms with Crippen LogP contribution in [0.1, 0.15) is 37.0 Å². The maximum Gasteiger partial charge on any atom is 0.168 e. The summed E-state index contributed by atoms with van der Waals surface area (Å²) in [6, 6.07) is 3.17. The van der Waals surface area contributed by atoms with Gasteiger partial charge in [-0.1, -0.05) is 13.8 Å². The molecule has 1 aliphatic rings. The van der Waals surface area contributed by atoms with E-state index in [9.17, 15) is 13.6 Å². The number of halogens is 2. The fourth-order valence-corrected chi connectivity index (χ4v) is 2.71. The molecule has 0 spiro atoms. The van der Waals surface area contributed by atoms with E-state index in [1.54, 1.807) is 0 Å². The van der Waals surface area contributed by atoms with Crippen molar-refractivity contribution in [1.82, 2.24) is 4.90 Å². The zero-order valence-electron chi connectivity index (χ0n) is 12.0. The van der Waals surface area contributed by atoms with E-state index in [0.29, 0.717) is 0 Å². The molecule has 2 nitrogen and oxygen atoms in total. The second-order valence-electron chi connectivity index (χ2n) is 5.75. The van der Waals surface area contributed by atoms with Crippen LogP contribution in [0.2, 0.25) is 0 Å². The van der Waals surface area contributed by atoms with Gasteiger partial charge in [0.25, 0.3) is 0 Å². The van der Waals surface area contributed by atoms with E-state index in [1.807, 2.05) is 0 Å². The number of carbonyl (C=O) groups is 1. The summed E-state index contributed by atoms with van der Waals surface area (Å²) < 4.78 is 26.5. The normalized spacial score (nSPS) is 17.6. The maximum atomic E-state index is 13.6. The quantitative estimate of drug-likeness (QED) is 0.787. The lowest BCUT2D eigenvalue weighted by molar-refractivity contribution is 0.0839. The average molecular weight is 280 g/mol. The summed E-state index contributed by atoms with van der Waals surface area (Å²) in [7, 11) is 0. The molecule has 1 fully saturated rings. The Morgan fingerprint density at radius 2 is 1.90 bits per heavy atom. The molecule has 0 bridgehead atoms. The minimum atomic E-state index is -0.754. The van der Waals surface area contributed by atoms with Gasteiger partial charge in [-0.15, -0.1) is 0 Å². The summed E-state index contributed by atoms with van der Waals surface area (Å²) in [6.07, 6.45) is 1.48. The van der Waals surface area contributed by atoms with Gasteiger partial charge in [-0.3, -0.25) is 4.79 Å². The molecule has 2 rings (SSSR count). The van der Waals surface area contributed by atoms with Gasteiger partial charge >= 0.3 is 0 Å². The van der Waals surface area contributed by atoms with Crippen molar-refractivity contribution in [2.45, 2.75) is 26.7 Å². The first kappa shape index (κ1) is 15.1. The predicted octanol–water partition coefficient (Wildman–Crippen LogP) is 3.47. The number of likely N-dealkylation sites (tertiary alicyclic amines) is 1. The van der Waals surface area contributed by atoms with Crippen LogP contribution < -0.4 is 0 Å². The minimum Gasteiger partial charge on any atom is -0.303 e. The van der Waals surface area contributed by atoms with E-state index in [-0.39, 0.29) is 17.3 Å². The zero-order chi connectivity index (χ0) is 14.7. The Labute approximate surface area is 118 Å². The third-order valence-electron chi connectivity index (χ3n) is 3.69. The first-order valence-electron chi connectivity index (χ1n) is 6.98. The molecule has 1 radical (unpaired) electrons. The predicted molar refractivity (Wildman–Crippen MR) is 74.4 cm³/mol. The van der Waals surface area contributed by atoms with E-state index in [4.69, 9.17) is 0 Å². The molecule has 1 aliphatic heterocycles. The van der Waals surface area contributed by atoms with Crippen molar-refractivity contribution >= 4 is 5.78 Å². The Morgan fingerprint density at radius 3 is 2.45 bits per heavy atom. The Balaban J connectivity index is 1.98. The fraction of sp³-hybridized carbons (Fsp3) is 0.500. The van der Waals surface area contributed by atoms with Crippen LogP contribution >= 0.6 is 0 Å². The van der Waals surface area contributed by atoms with Crippen molar-refractivity contribution in [3.63, 3.8) is 0 Å². The van der Waals surface area contributed by atoms with Crippen molar-refractivity contribution in [2.24, 2.45) is 5.92 Å². The van der Waals surface area contributed by atoms with Crippen LogP contribution in [0.15, 0.2) is 18.2 Å². The van der Waals surface area contributed by atoms with Gasteiger partial charge in [0.05, 0.1) is 5.56 Å². The van der Waals surface area contributed by atoms with E-state index in [1.165, 1.54) is 12.0 Å². The van der Waals surface area contributed by atoms with Gasteiger partial charge in [0, 0.05) is 18.5 Å². The van der Waals surface area contributed by atoms with Crippen LogP contribution in [0.3, 0.4) is 0 Å². The molecular formula is C16H20F2NO. The molecule has 0 saturated carbocycles. The van der Waals surface area contributed by atoms with Gasteiger partial charge in [-0.25, -0.2) is 8.78 Å². The standard InChI is InChI=1S/C16H20F2NO/c1-11(2)10-19-7-5-12(6-8-19)16(20)14-4-3-13(17)9-15(14)18/h3-4,9,12H,5-8,10H2,1-2H3. The number of nitrogens with zero attached hydrogens (tertiary/aromatic N) is 1. The summed E-state index contributed by atoms with van der Waals surface area (Å²) >= 11 is 0. The highest BCUT2D eigenvalue weighted by molar-refractivity contribution is 5.98. The van der Waals surface area contributed by atoms with Gasteiger partial charge in [0.2, 0.25) is 0 Å².